The van der Waals surface area contributed by atoms with Gasteiger partial charge in [-0.1, -0.05) is 29.8 Å². The standard InChI is InChI=1S/C23H25ClFN3O3/c1-4-31-12-11-28(23(29)27-16-9-10-21(25)20(24)13-16)15(2)19-14-26-22(30-3)18-8-6-5-7-17(18)19/h5-10,13-15H,4,11-12H2,1-3H3,(H,27,29). The fourth-order valence-electron chi connectivity index (χ4n) is 3.40. The first-order chi connectivity index (χ1) is 15.0. The summed E-state index contributed by atoms with van der Waals surface area (Å²) < 4.78 is 24.3. The first kappa shape index (κ1) is 22.8. The van der Waals surface area contributed by atoms with Crippen molar-refractivity contribution in [1.82, 2.24) is 9.88 Å². The Bertz CT molecular complexity index is 1060. The Balaban J connectivity index is 1.93. The maximum absolute atomic E-state index is 13.5. The van der Waals surface area contributed by atoms with Gasteiger partial charge in [0.2, 0.25) is 5.88 Å². The van der Waals surface area contributed by atoms with E-state index in [9.17, 15) is 9.18 Å². The number of carbonyl (C=O) groups is 1. The van der Waals surface area contributed by atoms with Crippen LogP contribution in [0, 0.1) is 5.82 Å². The number of benzene rings is 2. The van der Waals surface area contributed by atoms with Crippen molar-refractivity contribution in [2.45, 2.75) is 19.9 Å². The predicted molar refractivity (Wildman–Crippen MR) is 120 cm³/mol. The second kappa shape index (κ2) is 10.4. The van der Waals surface area contributed by atoms with Gasteiger partial charge in [-0.3, -0.25) is 0 Å². The van der Waals surface area contributed by atoms with Crippen molar-refractivity contribution >= 4 is 34.1 Å². The quantitative estimate of drug-likeness (QED) is 0.454. The number of methoxy groups -OCH3 is 1. The Morgan fingerprint density at radius 1 is 1.26 bits per heavy atom. The molecule has 3 aromatic rings. The summed E-state index contributed by atoms with van der Waals surface area (Å²) in [5.74, 6) is -0.0187. The molecule has 3 rings (SSSR count). The maximum atomic E-state index is 13.5. The number of hydrogen-bond donors (Lipinski definition) is 1. The van der Waals surface area contributed by atoms with Gasteiger partial charge in [0.1, 0.15) is 5.82 Å². The largest absolute Gasteiger partial charge is 0.481 e. The molecule has 2 amide bonds. The highest BCUT2D eigenvalue weighted by Gasteiger charge is 2.24. The molecule has 0 bridgehead atoms. The molecule has 0 aliphatic carbocycles. The van der Waals surface area contributed by atoms with Crippen molar-refractivity contribution in [3.05, 3.63) is 65.1 Å². The number of anilines is 1. The van der Waals surface area contributed by atoms with Gasteiger partial charge in [-0.15, -0.1) is 0 Å². The van der Waals surface area contributed by atoms with E-state index < -0.39 is 5.82 Å². The molecule has 164 valence electrons. The molecule has 0 aliphatic heterocycles. The molecule has 1 heterocycles. The number of nitrogens with zero attached hydrogens (tertiary/aromatic N) is 2. The van der Waals surface area contributed by atoms with E-state index in [0.29, 0.717) is 31.3 Å². The summed E-state index contributed by atoms with van der Waals surface area (Å²) in [6, 6.07) is 11.1. The van der Waals surface area contributed by atoms with Gasteiger partial charge in [0, 0.05) is 36.0 Å². The summed E-state index contributed by atoms with van der Waals surface area (Å²) in [4.78, 5) is 19.2. The zero-order valence-electron chi connectivity index (χ0n) is 17.7. The minimum atomic E-state index is -0.544. The number of aromatic nitrogens is 1. The molecule has 6 nitrogen and oxygen atoms in total. The molecule has 0 radical (unpaired) electrons. The highest BCUT2D eigenvalue weighted by Crippen LogP contribution is 2.32. The Kier molecular flexibility index (Phi) is 7.65. The summed E-state index contributed by atoms with van der Waals surface area (Å²) in [6.07, 6.45) is 1.72. The molecule has 0 fully saturated rings. The molecule has 8 heteroatoms. The molecule has 31 heavy (non-hydrogen) atoms. The van der Waals surface area contributed by atoms with Gasteiger partial charge in [0.15, 0.2) is 0 Å². The SMILES string of the molecule is CCOCCN(C(=O)Nc1ccc(F)c(Cl)c1)C(C)c1cnc(OC)c2ccccc12. The molecule has 1 atom stereocenters. The monoisotopic (exact) mass is 445 g/mol. The molecule has 1 unspecified atom stereocenters. The molecular formula is C23H25ClFN3O3. The molecule has 1 aromatic heterocycles. The minimum Gasteiger partial charge on any atom is -0.481 e. The normalized spacial score (nSPS) is 11.9. The second-order valence-corrected chi connectivity index (χ2v) is 7.30. The highest BCUT2D eigenvalue weighted by atomic mass is 35.5. The number of fused-ring (bicyclic) bond motifs is 1. The number of ether oxygens (including phenoxy) is 2. The average Bonchev–Trinajstić information content (AvgIpc) is 2.78. The van der Waals surface area contributed by atoms with E-state index in [4.69, 9.17) is 21.1 Å². The Labute approximate surface area is 185 Å². The number of hydrogen-bond acceptors (Lipinski definition) is 4. The Hall–Kier alpha value is -2.90. The van der Waals surface area contributed by atoms with Gasteiger partial charge in [0.05, 0.1) is 24.8 Å². The first-order valence-corrected chi connectivity index (χ1v) is 10.4. The number of rotatable bonds is 8. The molecular weight excluding hydrogens is 421 g/mol. The molecule has 2 aromatic carbocycles. The summed E-state index contributed by atoms with van der Waals surface area (Å²) in [7, 11) is 1.58. The topological polar surface area (TPSA) is 63.7 Å². The zero-order chi connectivity index (χ0) is 22.4. The van der Waals surface area contributed by atoms with Gasteiger partial charge in [-0.05, 0) is 43.5 Å². The van der Waals surface area contributed by atoms with E-state index in [1.165, 1.54) is 18.2 Å². The molecule has 0 spiro atoms. The van der Waals surface area contributed by atoms with Crippen molar-refractivity contribution < 1.29 is 18.7 Å². The van der Waals surface area contributed by atoms with Crippen LogP contribution in [-0.2, 0) is 4.74 Å². The van der Waals surface area contributed by atoms with E-state index in [1.54, 1.807) is 18.2 Å². The van der Waals surface area contributed by atoms with Crippen LogP contribution in [0.1, 0.15) is 25.5 Å². The van der Waals surface area contributed by atoms with E-state index >= 15 is 0 Å². The molecule has 0 saturated carbocycles. The smallest absolute Gasteiger partial charge is 0.322 e. The lowest BCUT2D eigenvalue weighted by Crippen LogP contribution is -2.39. The molecule has 1 N–H and O–H groups in total. The van der Waals surface area contributed by atoms with Gasteiger partial charge in [-0.2, -0.15) is 0 Å². The van der Waals surface area contributed by atoms with Crippen molar-refractivity contribution in [2.24, 2.45) is 0 Å². The number of nitrogens with one attached hydrogen (secondary N) is 1. The van der Waals surface area contributed by atoms with E-state index in [2.05, 4.69) is 10.3 Å². The fourth-order valence-corrected chi connectivity index (χ4v) is 3.58. The van der Waals surface area contributed by atoms with Crippen molar-refractivity contribution in [3.63, 3.8) is 0 Å². The third-order valence-corrected chi connectivity index (χ3v) is 5.30. The van der Waals surface area contributed by atoms with E-state index in [0.717, 1.165) is 16.3 Å². The summed E-state index contributed by atoms with van der Waals surface area (Å²) in [6.45, 7) is 5.11. The number of amides is 2. The van der Waals surface area contributed by atoms with Crippen LogP contribution >= 0.6 is 11.6 Å². The average molecular weight is 446 g/mol. The number of urea groups is 1. The van der Waals surface area contributed by atoms with Gasteiger partial charge in [0.25, 0.3) is 0 Å². The van der Waals surface area contributed by atoms with Crippen molar-refractivity contribution in [1.29, 1.82) is 0 Å². The lowest BCUT2D eigenvalue weighted by atomic mass is 10.0. The van der Waals surface area contributed by atoms with E-state index in [-0.39, 0.29) is 17.1 Å². The molecule has 0 saturated heterocycles. The number of halogens is 2. The minimum absolute atomic E-state index is 0.0583. The van der Waals surface area contributed by atoms with Crippen LogP contribution < -0.4 is 10.1 Å². The lowest BCUT2D eigenvalue weighted by molar-refractivity contribution is 0.111. The Morgan fingerprint density at radius 3 is 2.68 bits per heavy atom. The molecule has 0 aliphatic rings. The lowest BCUT2D eigenvalue weighted by Gasteiger charge is -2.30. The highest BCUT2D eigenvalue weighted by molar-refractivity contribution is 6.31. The summed E-state index contributed by atoms with van der Waals surface area (Å²) in [5.41, 5.74) is 1.28. The van der Waals surface area contributed by atoms with Crippen LogP contribution in [0.25, 0.3) is 10.8 Å². The third-order valence-electron chi connectivity index (χ3n) is 5.01. The van der Waals surface area contributed by atoms with Crippen LogP contribution in [0.5, 0.6) is 5.88 Å². The second-order valence-electron chi connectivity index (χ2n) is 6.89. The van der Waals surface area contributed by atoms with Crippen LogP contribution in [0.2, 0.25) is 5.02 Å². The van der Waals surface area contributed by atoms with Crippen LogP contribution in [-0.4, -0.2) is 42.8 Å². The summed E-state index contributed by atoms with van der Waals surface area (Å²) in [5, 5.41) is 4.55. The summed E-state index contributed by atoms with van der Waals surface area (Å²) >= 11 is 5.85. The number of pyridine rings is 1. The third kappa shape index (κ3) is 5.24. The first-order valence-electron chi connectivity index (χ1n) is 9.98. The van der Waals surface area contributed by atoms with Crippen LogP contribution in [0.15, 0.2) is 48.7 Å². The van der Waals surface area contributed by atoms with Gasteiger partial charge in [-0.25, -0.2) is 14.2 Å². The van der Waals surface area contributed by atoms with Gasteiger partial charge < -0.3 is 19.7 Å². The fraction of sp³-hybridized carbons (Fsp3) is 0.304. The van der Waals surface area contributed by atoms with Gasteiger partial charge >= 0.3 is 6.03 Å². The number of carbonyl (C=O) groups excluding carboxylic acids is 1. The van der Waals surface area contributed by atoms with Crippen molar-refractivity contribution in [2.75, 3.05) is 32.2 Å². The van der Waals surface area contributed by atoms with Crippen LogP contribution in [0.3, 0.4) is 0 Å². The van der Waals surface area contributed by atoms with E-state index in [1.807, 2.05) is 38.1 Å². The zero-order valence-corrected chi connectivity index (χ0v) is 18.4. The predicted octanol–water partition coefficient (Wildman–Crippen LogP) is 5.67. The Morgan fingerprint density at radius 2 is 2.00 bits per heavy atom. The van der Waals surface area contributed by atoms with Crippen molar-refractivity contribution in [3.8, 4) is 5.88 Å². The maximum Gasteiger partial charge on any atom is 0.322 e. The van der Waals surface area contributed by atoms with Crippen LogP contribution in [0.4, 0.5) is 14.9 Å².